The van der Waals surface area contributed by atoms with Crippen LogP contribution in [0.5, 0.6) is 0 Å². The van der Waals surface area contributed by atoms with Crippen molar-refractivity contribution in [1.29, 1.82) is 0 Å². The van der Waals surface area contributed by atoms with Gasteiger partial charge in [-0.3, -0.25) is 14.9 Å². The Morgan fingerprint density at radius 2 is 1.75 bits per heavy atom. The fourth-order valence-electron chi connectivity index (χ4n) is 3.75. The van der Waals surface area contributed by atoms with Crippen LogP contribution in [0.1, 0.15) is 10.4 Å². The Bertz CT molecular complexity index is 1120. The van der Waals surface area contributed by atoms with E-state index in [1.807, 2.05) is 0 Å². The summed E-state index contributed by atoms with van der Waals surface area (Å²) in [5.41, 5.74) is 0.471. The number of anilines is 1. The molecule has 0 unspecified atom stereocenters. The van der Waals surface area contributed by atoms with Crippen LogP contribution in [-0.2, 0) is 14.8 Å². The van der Waals surface area contributed by atoms with Crippen molar-refractivity contribution in [3.63, 3.8) is 0 Å². The van der Waals surface area contributed by atoms with E-state index < -0.39 is 14.9 Å². The molecule has 2 aliphatic rings. The molecule has 2 aromatic rings. The lowest BCUT2D eigenvalue weighted by molar-refractivity contribution is -0.384. The molecule has 1 aromatic heterocycles. The molecule has 2 fully saturated rings. The predicted molar refractivity (Wildman–Crippen MR) is 123 cm³/mol. The number of sulfonamides is 1. The fraction of sp³-hybridized carbons (Fsp3) is 0.421. The number of benzene rings is 1. The zero-order chi connectivity index (χ0) is 22.9. The number of nitrogens with zero attached hydrogens (tertiary/aromatic N) is 4. The number of piperazine rings is 1. The van der Waals surface area contributed by atoms with Crippen LogP contribution in [0, 0.1) is 10.1 Å². The minimum Gasteiger partial charge on any atom is -0.378 e. The molecular formula is C19H21BrN4O6S2. The molecule has 32 heavy (non-hydrogen) atoms. The van der Waals surface area contributed by atoms with Gasteiger partial charge in [0.15, 0.2) is 0 Å². The van der Waals surface area contributed by atoms with Gasteiger partial charge in [0.05, 0.1) is 21.9 Å². The number of rotatable bonds is 5. The van der Waals surface area contributed by atoms with Crippen LogP contribution in [0.25, 0.3) is 0 Å². The molecule has 0 radical (unpaired) electrons. The Hall–Kier alpha value is -2.06. The molecule has 2 aliphatic heterocycles. The summed E-state index contributed by atoms with van der Waals surface area (Å²) in [5.74, 6) is -0.263. The quantitative estimate of drug-likeness (QED) is 0.419. The van der Waals surface area contributed by atoms with E-state index in [1.54, 1.807) is 34.1 Å². The first-order chi connectivity index (χ1) is 15.3. The average molecular weight is 545 g/mol. The molecule has 0 bridgehead atoms. The van der Waals surface area contributed by atoms with Gasteiger partial charge in [-0.05, 0) is 40.2 Å². The van der Waals surface area contributed by atoms with E-state index in [1.165, 1.54) is 10.4 Å². The van der Waals surface area contributed by atoms with Crippen LogP contribution in [0.4, 0.5) is 11.4 Å². The van der Waals surface area contributed by atoms with Gasteiger partial charge in [-0.25, -0.2) is 8.42 Å². The monoisotopic (exact) mass is 544 g/mol. The Morgan fingerprint density at radius 3 is 2.34 bits per heavy atom. The van der Waals surface area contributed by atoms with E-state index in [0.717, 1.165) is 15.1 Å². The van der Waals surface area contributed by atoms with Gasteiger partial charge in [0, 0.05) is 50.9 Å². The van der Waals surface area contributed by atoms with Gasteiger partial charge in [0.1, 0.15) is 9.90 Å². The number of hydrogen-bond acceptors (Lipinski definition) is 8. The second-order valence-electron chi connectivity index (χ2n) is 7.31. The topological polar surface area (TPSA) is 113 Å². The molecule has 3 heterocycles. The van der Waals surface area contributed by atoms with E-state index in [2.05, 4.69) is 15.9 Å². The van der Waals surface area contributed by atoms with Crippen molar-refractivity contribution >= 4 is 54.6 Å². The Labute approximate surface area is 197 Å². The van der Waals surface area contributed by atoms with E-state index in [-0.39, 0.29) is 34.5 Å². The van der Waals surface area contributed by atoms with E-state index >= 15 is 0 Å². The van der Waals surface area contributed by atoms with Gasteiger partial charge in [0.2, 0.25) is 0 Å². The molecule has 0 atom stereocenters. The summed E-state index contributed by atoms with van der Waals surface area (Å²) in [4.78, 5) is 27.4. The molecule has 0 spiro atoms. The van der Waals surface area contributed by atoms with Crippen molar-refractivity contribution in [3.8, 4) is 0 Å². The van der Waals surface area contributed by atoms with Crippen LogP contribution in [-0.4, -0.2) is 80.9 Å². The highest BCUT2D eigenvalue weighted by atomic mass is 79.9. The van der Waals surface area contributed by atoms with Gasteiger partial charge < -0.3 is 14.5 Å². The molecule has 10 nitrogen and oxygen atoms in total. The molecule has 0 saturated carbocycles. The number of carbonyl (C=O) groups is 1. The van der Waals surface area contributed by atoms with Crippen LogP contribution < -0.4 is 4.90 Å². The number of morpholine rings is 1. The SMILES string of the molecule is O=C(c1ccc(N2CCN(S(=O)(=O)c3ccc(Br)s3)CC2)c([N+](=O)[O-])c1)N1CCOCC1. The first-order valence-corrected chi connectivity index (χ1v) is 13.0. The summed E-state index contributed by atoms with van der Waals surface area (Å²) >= 11 is 4.43. The third kappa shape index (κ3) is 4.66. The molecular weight excluding hydrogens is 524 g/mol. The molecule has 1 amide bonds. The first kappa shape index (κ1) is 23.1. The van der Waals surface area contributed by atoms with Gasteiger partial charge in [-0.15, -0.1) is 11.3 Å². The van der Waals surface area contributed by atoms with Crippen molar-refractivity contribution in [1.82, 2.24) is 9.21 Å². The largest absolute Gasteiger partial charge is 0.378 e. The maximum absolute atomic E-state index is 12.8. The summed E-state index contributed by atoms with van der Waals surface area (Å²) in [7, 11) is -3.60. The molecule has 172 valence electrons. The number of nitro benzene ring substituents is 1. The molecule has 0 aliphatic carbocycles. The van der Waals surface area contributed by atoms with Crippen LogP contribution in [0.2, 0.25) is 0 Å². The summed E-state index contributed by atoms with van der Waals surface area (Å²) in [6.07, 6.45) is 0. The fourth-order valence-corrected chi connectivity index (χ4v) is 7.34. The van der Waals surface area contributed by atoms with E-state index in [9.17, 15) is 23.3 Å². The molecule has 1 aromatic carbocycles. The normalized spacial score (nSPS) is 18.0. The smallest absolute Gasteiger partial charge is 0.293 e. The second-order valence-corrected chi connectivity index (χ2v) is 11.9. The predicted octanol–water partition coefficient (Wildman–Crippen LogP) is 2.40. The third-order valence-corrected chi connectivity index (χ3v) is 9.43. The van der Waals surface area contributed by atoms with Crippen molar-refractivity contribution in [2.24, 2.45) is 0 Å². The minimum absolute atomic E-state index is 0.164. The molecule has 2 saturated heterocycles. The highest BCUT2D eigenvalue weighted by Gasteiger charge is 2.32. The lowest BCUT2D eigenvalue weighted by Crippen LogP contribution is -2.48. The molecule has 0 N–H and O–H groups in total. The summed E-state index contributed by atoms with van der Waals surface area (Å²) in [6.45, 7) is 2.83. The Morgan fingerprint density at radius 1 is 1.06 bits per heavy atom. The van der Waals surface area contributed by atoms with Crippen LogP contribution in [0.3, 0.4) is 0 Å². The van der Waals surface area contributed by atoms with Gasteiger partial charge >= 0.3 is 0 Å². The van der Waals surface area contributed by atoms with Gasteiger partial charge in [-0.1, -0.05) is 0 Å². The Balaban J connectivity index is 1.50. The summed E-state index contributed by atoms with van der Waals surface area (Å²) in [5, 5.41) is 11.8. The summed E-state index contributed by atoms with van der Waals surface area (Å²) < 4.78 is 33.3. The molecule has 4 rings (SSSR count). The van der Waals surface area contributed by atoms with Crippen molar-refractivity contribution in [3.05, 3.63) is 49.8 Å². The van der Waals surface area contributed by atoms with Gasteiger partial charge in [-0.2, -0.15) is 4.31 Å². The molecule has 13 heteroatoms. The maximum atomic E-state index is 12.8. The number of amides is 1. The number of carbonyl (C=O) groups excluding carboxylic acids is 1. The van der Waals surface area contributed by atoms with Crippen molar-refractivity contribution in [2.75, 3.05) is 57.4 Å². The average Bonchev–Trinajstić information content (AvgIpc) is 3.26. The zero-order valence-electron chi connectivity index (χ0n) is 17.0. The number of ether oxygens (including phenoxy) is 1. The van der Waals surface area contributed by atoms with E-state index in [4.69, 9.17) is 4.74 Å². The van der Waals surface area contributed by atoms with Crippen LogP contribution in [0.15, 0.2) is 38.3 Å². The number of hydrogen-bond donors (Lipinski definition) is 0. The highest BCUT2D eigenvalue weighted by molar-refractivity contribution is 9.11. The van der Waals surface area contributed by atoms with E-state index in [0.29, 0.717) is 45.1 Å². The highest BCUT2D eigenvalue weighted by Crippen LogP contribution is 2.33. The maximum Gasteiger partial charge on any atom is 0.293 e. The summed E-state index contributed by atoms with van der Waals surface area (Å²) in [6, 6.07) is 7.72. The number of halogens is 1. The minimum atomic E-state index is -3.60. The zero-order valence-corrected chi connectivity index (χ0v) is 20.2. The first-order valence-electron chi connectivity index (χ1n) is 9.93. The van der Waals surface area contributed by atoms with Crippen molar-refractivity contribution < 1.29 is 22.9 Å². The number of nitro groups is 1. The standard InChI is InChI=1S/C19H21BrN4O6S2/c20-17-3-4-18(31-17)32(28,29)23-7-5-21(6-8-23)15-2-1-14(13-16(15)24(26)27)19(25)22-9-11-30-12-10-22/h1-4,13H,5-12H2. The van der Waals surface area contributed by atoms with Gasteiger partial charge in [0.25, 0.3) is 21.6 Å². The third-order valence-electron chi connectivity index (χ3n) is 5.44. The second kappa shape index (κ2) is 9.43. The van der Waals surface area contributed by atoms with Crippen LogP contribution >= 0.6 is 27.3 Å². The van der Waals surface area contributed by atoms with Crippen molar-refractivity contribution in [2.45, 2.75) is 4.21 Å². The lowest BCUT2D eigenvalue weighted by atomic mass is 10.1. The lowest BCUT2D eigenvalue weighted by Gasteiger charge is -2.35. The number of thiophene rings is 1. The Kier molecular flexibility index (Phi) is 6.81.